The average Bonchev–Trinajstić information content (AvgIpc) is 3.00. The summed E-state index contributed by atoms with van der Waals surface area (Å²) in [6, 6.07) is 5.18. The van der Waals surface area contributed by atoms with Crippen molar-refractivity contribution in [2.45, 2.75) is 39.0 Å². The van der Waals surface area contributed by atoms with Gasteiger partial charge in [-0.3, -0.25) is 9.48 Å². The SMILES string of the molecule is CC(O)C(C)(C)NC(=O)c1ccc(Cn2cccn2)o1. The molecule has 2 heterocycles. The summed E-state index contributed by atoms with van der Waals surface area (Å²) >= 11 is 0. The molecule has 6 heteroatoms. The highest BCUT2D eigenvalue weighted by molar-refractivity contribution is 5.92. The van der Waals surface area contributed by atoms with Crippen molar-refractivity contribution in [3.8, 4) is 0 Å². The first kappa shape index (κ1) is 14.3. The molecule has 108 valence electrons. The third-order valence-corrected chi connectivity index (χ3v) is 3.24. The number of carbonyl (C=O) groups excluding carboxylic acids is 1. The second-order valence-electron chi connectivity index (χ2n) is 5.32. The predicted molar refractivity (Wildman–Crippen MR) is 73.3 cm³/mol. The van der Waals surface area contributed by atoms with Crippen LogP contribution in [-0.2, 0) is 6.54 Å². The maximum Gasteiger partial charge on any atom is 0.287 e. The fourth-order valence-corrected chi connectivity index (χ4v) is 1.60. The first-order valence-electron chi connectivity index (χ1n) is 6.45. The Bertz CT molecular complexity index is 570. The van der Waals surface area contributed by atoms with Crippen molar-refractivity contribution in [2.75, 3.05) is 0 Å². The number of rotatable bonds is 5. The molecule has 1 unspecified atom stereocenters. The van der Waals surface area contributed by atoms with Crippen LogP contribution >= 0.6 is 0 Å². The molecule has 20 heavy (non-hydrogen) atoms. The van der Waals surface area contributed by atoms with E-state index in [4.69, 9.17) is 4.42 Å². The van der Waals surface area contributed by atoms with Gasteiger partial charge in [0, 0.05) is 12.4 Å². The van der Waals surface area contributed by atoms with Crippen molar-refractivity contribution in [3.63, 3.8) is 0 Å². The number of aliphatic hydroxyl groups excluding tert-OH is 1. The van der Waals surface area contributed by atoms with E-state index in [0.29, 0.717) is 12.3 Å². The van der Waals surface area contributed by atoms with Gasteiger partial charge in [-0.05, 0) is 39.0 Å². The average molecular weight is 277 g/mol. The Morgan fingerprint density at radius 3 is 2.90 bits per heavy atom. The largest absolute Gasteiger partial charge is 0.454 e. The number of amides is 1. The summed E-state index contributed by atoms with van der Waals surface area (Å²) in [7, 11) is 0. The number of nitrogens with one attached hydrogen (secondary N) is 1. The second-order valence-corrected chi connectivity index (χ2v) is 5.32. The van der Waals surface area contributed by atoms with E-state index in [-0.39, 0.29) is 11.7 Å². The molecular weight excluding hydrogens is 258 g/mol. The molecule has 2 N–H and O–H groups in total. The van der Waals surface area contributed by atoms with Crippen molar-refractivity contribution in [1.29, 1.82) is 0 Å². The maximum absolute atomic E-state index is 12.0. The summed E-state index contributed by atoms with van der Waals surface area (Å²) in [6.45, 7) is 5.61. The Morgan fingerprint density at radius 1 is 1.55 bits per heavy atom. The summed E-state index contributed by atoms with van der Waals surface area (Å²) in [5, 5.41) is 16.4. The first-order valence-corrected chi connectivity index (χ1v) is 6.45. The van der Waals surface area contributed by atoms with Crippen LogP contribution < -0.4 is 5.32 Å². The molecule has 0 aliphatic carbocycles. The molecule has 0 radical (unpaired) electrons. The molecule has 0 fully saturated rings. The van der Waals surface area contributed by atoms with Crippen LogP contribution in [-0.4, -0.2) is 32.4 Å². The minimum atomic E-state index is -0.716. The third-order valence-electron chi connectivity index (χ3n) is 3.24. The van der Waals surface area contributed by atoms with Crippen LogP contribution in [0.25, 0.3) is 0 Å². The van der Waals surface area contributed by atoms with Gasteiger partial charge in [0.2, 0.25) is 0 Å². The summed E-state index contributed by atoms with van der Waals surface area (Å²) < 4.78 is 7.20. The lowest BCUT2D eigenvalue weighted by atomic mass is 9.99. The Kier molecular flexibility index (Phi) is 3.94. The van der Waals surface area contributed by atoms with Gasteiger partial charge >= 0.3 is 0 Å². The van der Waals surface area contributed by atoms with Gasteiger partial charge in [-0.1, -0.05) is 0 Å². The zero-order valence-corrected chi connectivity index (χ0v) is 11.8. The summed E-state index contributed by atoms with van der Waals surface area (Å²) in [6.07, 6.45) is 2.84. The molecule has 0 saturated heterocycles. The van der Waals surface area contributed by atoms with Crippen molar-refractivity contribution >= 4 is 5.91 Å². The number of hydrogen-bond donors (Lipinski definition) is 2. The summed E-state index contributed by atoms with van der Waals surface area (Å²) in [4.78, 5) is 12.0. The Balaban J connectivity index is 2.03. The number of hydrogen-bond acceptors (Lipinski definition) is 4. The number of furan rings is 1. The van der Waals surface area contributed by atoms with Crippen LogP contribution in [0, 0.1) is 0 Å². The molecule has 2 aromatic heterocycles. The molecule has 1 amide bonds. The number of aromatic nitrogens is 2. The molecule has 0 aromatic carbocycles. The lowest BCUT2D eigenvalue weighted by Gasteiger charge is -2.28. The zero-order chi connectivity index (χ0) is 14.8. The van der Waals surface area contributed by atoms with E-state index < -0.39 is 11.6 Å². The molecule has 0 aliphatic rings. The van der Waals surface area contributed by atoms with Crippen LogP contribution in [0.1, 0.15) is 37.1 Å². The first-order chi connectivity index (χ1) is 9.38. The Hall–Kier alpha value is -2.08. The number of aliphatic hydroxyl groups is 1. The van der Waals surface area contributed by atoms with Crippen LogP contribution in [0.4, 0.5) is 0 Å². The number of nitrogens with zero attached hydrogens (tertiary/aromatic N) is 2. The fraction of sp³-hybridized carbons (Fsp3) is 0.429. The topological polar surface area (TPSA) is 80.3 Å². The smallest absolute Gasteiger partial charge is 0.287 e. The molecule has 6 nitrogen and oxygen atoms in total. The van der Waals surface area contributed by atoms with Gasteiger partial charge in [0.05, 0.1) is 18.2 Å². The monoisotopic (exact) mass is 277 g/mol. The van der Waals surface area contributed by atoms with E-state index in [1.807, 2.05) is 12.3 Å². The highest BCUT2D eigenvalue weighted by atomic mass is 16.4. The molecule has 0 bridgehead atoms. The van der Waals surface area contributed by atoms with E-state index in [0.717, 1.165) is 0 Å². The molecule has 0 spiro atoms. The quantitative estimate of drug-likeness (QED) is 0.866. The predicted octanol–water partition coefficient (Wildman–Crippen LogP) is 1.41. The van der Waals surface area contributed by atoms with Gasteiger partial charge in [-0.15, -0.1) is 0 Å². The fourth-order valence-electron chi connectivity index (χ4n) is 1.60. The van der Waals surface area contributed by atoms with E-state index in [9.17, 15) is 9.90 Å². The van der Waals surface area contributed by atoms with Crippen LogP contribution in [0.5, 0.6) is 0 Å². The van der Waals surface area contributed by atoms with Crippen LogP contribution in [0.15, 0.2) is 35.0 Å². The second kappa shape index (κ2) is 5.50. The third kappa shape index (κ3) is 3.27. The molecule has 0 aliphatic heterocycles. The minimum Gasteiger partial charge on any atom is -0.454 e. The highest BCUT2D eigenvalue weighted by Crippen LogP contribution is 2.13. The molecule has 1 atom stereocenters. The number of carbonyl (C=O) groups is 1. The van der Waals surface area contributed by atoms with E-state index >= 15 is 0 Å². The zero-order valence-electron chi connectivity index (χ0n) is 11.8. The van der Waals surface area contributed by atoms with Crippen LogP contribution in [0.2, 0.25) is 0 Å². The Morgan fingerprint density at radius 2 is 2.30 bits per heavy atom. The van der Waals surface area contributed by atoms with Crippen molar-refractivity contribution in [2.24, 2.45) is 0 Å². The molecular formula is C14H19N3O3. The van der Waals surface area contributed by atoms with Gasteiger partial charge in [0.15, 0.2) is 5.76 Å². The standard InChI is InChI=1S/C14H19N3O3/c1-10(18)14(2,3)16-13(19)12-6-5-11(20-12)9-17-8-4-7-15-17/h4-8,10,18H,9H2,1-3H3,(H,16,19). The van der Waals surface area contributed by atoms with Crippen molar-refractivity contribution in [3.05, 3.63) is 42.1 Å². The summed E-state index contributed by atoms with van der Waals surface area (Å²) in [5.74, 6) is 0.525. The maximum atomic E-state index is 12.0. The van der Waals surface area contributed by atoms with Crippen molar-refractivity contribution in [1.82, 2.24) is 15.1 Å². The van der Waals surface area contributed by atoms with Gasteiger partial charge < -0.3 is 14.8 Å². The van der Waals surface area contributed by atoms with Crippen molar-refractivity contribution < 1.29 is 14.3 Å². The van der Waals surface area contributed by atoms with E-state index in [1.165, 1.54) is 0 Å². The van der Waals surface area contributed by atoms with Crippen LogP contribution in [0.3, 0.4) is 0 Å². The Labute approximate surface area is 117 Å². The molecule has 2 aromatic rings. The van der Waals surface area contributed by atoms with Gasteiger partial charge in [-0.2, -0.15) is 5.10 Å². The minimum absolute atomic E-state index is 0.223. The molecule has 0 saturated carbocycles. The molecule has 2 rings (SSSR count). The lowest BCUT2D eigenvalue weighted by Crippen LogP contribution is -2.50. The van der Waals surface area contributed by atoms with E-state index in [1.54, 1.807) is 43.8 Å². The highest BCUT2D eigenvalue weighted by Gasteiger charge is 2.27. The summed E-state index contributed by atoms with van der Waals surface area (Å²) in [5.41, 5.74) is -0.716. The lowest BCUT2D eigenvalue weighted by molar-refractivity contribution is 0.0686. The van der Waals surface area contributed by atoms with Gasteiger partial charge in [-0.25, -0.2) is 0 Å². The van der Waals surface area contributed by atoms with Gasteiger partial charge in [0.1, 0.15) is 5.76 Å². The van der Waals surface area contributed by atoms with E-state index in [2.05, 4.69) is 10.4 Å². The normalized spacial score (nSPS) is 13.2. The van der Waals surface area contributed by atoms with Gasteiger partial charge in [0.25, 0.3) is 5.91 Å².